The van der Waals surface area contributed by atoms with E-state index in [0.717, 1.165) is 36.3 Å². The number of thioether (sulfide) groups is 2. The first-order valence-corrected chi connectivity index (χ1v) is 12.0. The Hall–Kier alpha value is -1.47. The predicted octanol–water partition coefficient (Wildman–Crippen LogP) is 3.64. The van der Waals surface area contributed by atoms with Gasteiger partial charge in [-0.3, -0.25) is 19.3 Å². The van der Waals surface area contributed by atoms with Gasteiger partial charge in [-0.1, -0.05) is 18.9 Å². The number of hydrogen-bond donors (Lipinski definition) is 1. The van der Waals surface area contributed by atoms with Crippen molar-refractivity contribution in [3.05, 3.63) is 24.3 Å². The molecule has 1 N–H and O–H groups in total. The highest BCUT2D eigenvalue weighted by Crippen LogP contribution is 2.39. The second-order valence-electron chi connectivity index (χ2n) is 7.06. The molecule has 0 spiro atoms. The smallest absolute Gasteiger partial charge is 0.247 e. The number of benzene rings is 1. The second-order valence-corrected chi connectivity index (χ2v) is 8.93. The van der Waals surface area contributed by atoms with Crippen LogP contribution in [0.4, 0.5) is 5.69 Å². The van der Waals surface area contributed by atoms with Crippen LogP contribution in [0.5, 0.6) is 0 Å². The van der Waals surface area contributed by atoms with Crippen LogP contribution in [0, 0.1) is 11.8 Å². The molecule has 0 bridgehead atoms. The van der Waals surface area contributed by atoms with E-state index < -0.39 is 6.04 Å². The van der Waals surface area contributed by atoms with E-state index in [2.05, 4.69) is 5.32 Å². The molecule has 3 rings (SSSR count). The Kier molecular flexibility index (Phi) is 6.87. The van der Waals surface area contributed by atoms with Gasteiger partial charge in [0.25, 0.3) is 0 Å². The van der Waals surface area contributed by atoms with Gasteiger partial charge in [0.1, 0.15) is 6.04 Å². The first-order valence-electron chi connectivity index (χ1n) is 9.37. The molecule has 146 valence electrons. The summed E-state index contributed by atoms with van der Waals surface area (Å²) in [5.74, 6) is -0.309. The summed E-state index contributed by atoms with van der Waals surface area (Å²) in [6.45, 7) is 0. The molecule has 1 saturated heterocycles. The number of likely N-dealkylation sites (tertiary alicyclic amines) is 1. The molecule has 3 atom stereocenters. The lowest BCUT2D eigenvalue weighted by Crippen LogP contribution is -2.48. The molecule has 1 saturated carbocycles. The number of carbonyl (C=O) groups excluding carboxylic acids is 3. The number of amides is 3. The summed E-state index contributed by atoms with van der Waals surface area (Å²) in [7, 11) is 0. The van der Waals surface area contributed by atoms with Gasteiger partial charge >= 0.3 is 0 Å². The van der Waals surface area contributed by atoms with Gasteiger partial charge in [-0.25, -0.2) is 0 Å². The normalized spacial score (nSPS) is 23.3. The van der Waals surface area contributed by atoms with Crippen LogP contribution < -0.4 is 5.32 Å². The third-order valence-corrected chi connectivity index (χ3v) is 6.79. The van der Waals surface area contributed by atoms with Crippen LogP contribution in [-0.2, 0) is 14.4 Å². The van der Waals surface area contributed by atoms with Gasteiger partial charge in [-0.15, -0.1) is 11.8 Å². The van der Waals surface area contributed by atoms with E-state index >= 15 is 0 Å². The molecular formula is C20H26N2O3S2. The lowest BCUT2D eigenvalue weighted by atomic mass is 9.81. The Morgan fingerprint density at radius 3 is 2.44 bits per heavy atom. The zero-order valence-corrected chi connectivity index (χ0v) is 17.4. The standard InChI is InChI=1S/C20H26N2O3S2/c1-26-11-10-17(18(23)21-13-6-5-7-14(12-13)27-2)22-19(24)15-8-3-4-9-16(15)20(22)25/h5-7,12,15-17H,3-4,8-11H2,1-2H3,(H,21,23). The molecule has 2 aliphatic rings. The number of fused-ring (bicyclic) bond motifs is 1. The van der Waals surface area contributed by atoms with Crippen molar-refractivity contribution < 1.29 is 14.4 Å². The summed E-state index contributed by atoms with van der Waals surface area (Å²) in [6, 6.07) is 6.86. The molecule has 1 aliphatic heterocycles. The average molecular weight is 407 g/mol. The molecule has 1 heterocycles. The van der Waals surface area contributed by atoms with Crippen molar-refractivity contribution in [2.45, 2.75) is 43.0 Å². The van der Waals surface area contributed by atoms with Crippen molar-refractivity contribution in [1.29, 1.82) is 0 Å². The van der Waals surface area contributed by atoms with Crippen molar-refractivity contribution in [1.82, 2.24) is 4.90 Å². The molecule has 3 unspecified atom stereocenters. The first kappa shape index (κ1) is 20.3. The minimum Gasteiger partial charge on any atom is -0.324 e. The number of carbonyl (C=O) groups is 3. The number of nitrogens with one attached hydrogen (secondary N) is 1. The third-order valence-electron chi connectivity index (χ3n) is 5.42. The largest absolute Gasteiger partial charge is 0.324 e. The minimum atomic E-state index is -0.735. The molecular weight excluding hydrogens is 380 g/mol. The number of rotatable bonds is 7. The minimum absolute atomic E-state index is 0.149. The topological polar surface area (TPSA) is 66.5 Å². The summed E-state index contributed by atoms with van der Waals surface area (Å²) in [5, 5.41) is 2.92. The molecule has 3 amide bonds. The maximum Gasteiger partial charge on any atom is 0.247 e. The van der Waals surface area contributed by atoms with Crippen LogP contribution in [0.25, 0.3) is 0 Å². The molecule has 1 aliphatic carbocycles. The van der Waals surface area contributed by atoms with Crippen LogP contribution in [0.2, 0.25) is 0 Å². The van der Waals surface area contributed by atoms with Gasteiger partial charge in [-0.2, -0.15) is 11.8 Å². The molecule has 0 radical (unpaired) electrons. The fourth-order valence-corrected chi connectivity index (χ4v) is 4.95. The highest BCUT2D eigenvalue weighted by Gasteiger charge is 2.51. The van der Waals surface area contributed by atoms with Crippen molar-refractivity contribution in [3.63, 3.8) is 0 Å². The van der Waals surface area contributed by atoms with E-state index in [-0.39, 0.29) is 29.6 Å². The fourth-order valence-electron chi connectivity index (χ4n) is 4.03. The van der Waals surface area contributed by atoms with Gasteiger partial charge < -0.3 is 5.32 Å². The summed E-state index contributed by atoms with van der Waals surface area (Å²) >= 11 is 3.21. The van der Waals surface area contributed by atoms with Crippen molar-refractivity contribution in [2.24, 2.45) is 11.8 Å². The highest BCUT2D eigenvalue weighted by atomic mass is 32.2. The Morgan fingerprint density at radius 1 is 1.19 bits per heavy atom. The van der Waals surface area contributed by atoms with Crippen molar-refractivity contribution in [3.8, 4) is 0 Å². The van der Waals surface area contributed by atoms with E-state index in [4.69, 9.17) is 0 Å². The van der Waals surface area contributed by atoms with Gasteiger partial charge in [-0.05, 0) is 55.7 Å². The van der Waals surface area contributed by atoms with Gasteiger partial charge in [0.2, 0.25) is 17.7 Å². The zero-order valence-electron chi connectivity index (χ0n) is 15.8. The quantitative estimate of drug-likeness (QED) is 0.553. The predicted molar refractivity (Wildman–Crippen MR) is 111 cm³/mol. The van der Waals surface area contributed by atoms with E-state index in [1.165, 1.54) is 4.90 Å². The average Bonchev–Trinajstić information content (AvgIpc) is 2.94. The Bertz CT molecular complexity index is 701. The zero-order chi connectivity index (χ0) is 19.4. The summed E-state index contributed by atoms with van der Waals surface area (Å²) in [5.41, 5.74) is 0.692. The maximum atomic E-state index is 13.0. The first-order chi connectivity index (χ1) is 13.1. The van der Waals surface area contributed by atoms with E-state index in [9.17, 15) is 14.4 Å². The SMILES string of the molecule is CSCCC(C(=O)Nc1cccc(SC)c1)N1C(=O)C2CCCCC2C1=O. The molecule has 1 aromatic carbocycles. The molecule has 5 nitrogen and oxygen atoms in total. The monoisotopic (exact) mass is 406 g/mol. The van der Waals surface area contributed by atoms with Crippen molar-refractivity contribution in [2.75, 3.05) is 23.6 Å². The van der Waals surface area contributed by atoms with Gasteiger partial charge in [0, 0.05) is 10.6 Å². The summed E-state index contributed by atoms with van der Waals surface area (Å²) < 4.78 is 0. The third kappa shape index (κ3) is 4.35. The highest BCUT2D eigenvalue weighted by molar-refractivity contribution is 7.98. The summed E-state index contributed by atoms with van der Waals surface area (Å²) in [4.78, 5) is 41.2. The van der Waals surface area contributed by atoms with Gasteiger partial charge in [0.15, 0.2) is 0 Å². The van der Waals surface area contributed by atoms with E-state index in [1.807, 2.05) is 36.8 Å². The molecule has 27 heavy (non-hydrogen) atoms. The molecule has 0 aromatic heterocycles. The molecule has 1 aromatic rings. The van der Waals surface area contributed by atoms with Crippen LogP contribution in [0.3, 0.4) is 0 Å². The number of hydrogen-bond acceptors (Lipinski definition) is 5. The Labute approximate surface area is 169 Å². The van der Waals surface area contributed by atoms with E-state index in [0.29, 0.717) is 12.1 Å². The van der Waals surface area contributed by atoms with Crippen LogP contribution >= 0.6 is 23.5 Å². The Balaban J connectivity index is 1.81. The van der Waals surface area contributed by atoms with Crippen LogP contribution in [0.15, 0.2) is 29.2 Å². The fraction of sp³-hybridized carbons (Fsp3) is 0.550. The number of imide groups is 1. The number of anilines is 1. The van der Waals surface area contributed by atoms with Gasteiger partial charge in [0.05, 0.1) is 11.8 Å². The molecule has 2 fully saturated rings. The molecule has 7 heteroatoms. The summed E-state index contributed by atoms with van der Waals surface area (Å²) in [6.07, 6.45) is 7.91. The lowest BCUT2D eigenvalue weighted by molar-refractivity contribution is -0.146. The Morgan fingerprint density at radius 2 is 1.85 bits per heavy atom. The lowest BCUT2D eigenvalue weighted by Gasteiger charge is -2.26. The number of nitrogens with zero attached hydrogens (tertiary/aromatic N) is 1. The van der Waals surface area contributed by atoms with Crippen molar-refractivity contribution >= 4 is 46.9 Å². The van der Waals surface area contributed by atoms with E-state index in [1.54, 1.807) is 23.5 Å². The maximum absolute atomic E-state index is 13.0. The van der Waals surface area contributed by atoms with Crippen LogP contribution in [0.1, 0.15) is 32.1 Å². The second kappa shape index (κ2) is 9.15. The van der Waals surface area contributed by atoms with Crippen LogP contribution in [-0.4, -0.2) is 46.9 Å².